The van der Waals surface area contributed by atoms with Crippen LogP contribution in [0, 0.1) is 17.0 Å². The number of sulfonamides is 1. The van der Waals surface area contributed by atoms with Crippen molar-refractivity contribution in [1.82, 2.24) is 0 Å². The quantitative estimate of drug-likeness (QED) is 0.420. The molecule has 9 heteroatoms. The van der Waals surface area contributed by atoms with Crippen LogP contribution in [0.2, 0.25) is 0 Å². The van der Waals surface area contributed by atoms with Crippen molar-refractivity contribution < 1.29 is 18.1 Å². The van der Waals surface area contributed by atoms with Crippen LogP contribution in [-0.2, 0) is 16.6 Å². The zero-order valence-corrected chi connectivity index (χ0v) is 16.9. The van der Waals surface area contributed by atoms with Gasteiger partial charge >= 0.3 is 0 Å². The van der Waals surface area contributed by atoms with Gasteiger partial charge in [0.1, 0.15) is 5.75 Å². The largest absolute Gasteiger partial charge is 0.497 e. The van der Waals surface area contributed by atoms with Crippen molar-refractivity contribution in [2.45, 2.75) is 18.4 Å². The highest BCUT2D eigenvalue weighted by Crippen LogP contribution is 2.34. The molecule has 7 nitrogen and oxygen atoms in total. The summed E-state index contributed by atoms with van der Waals surface area (Å²) in [6.45, 7) is 1.62. The van der Waals surface area contributed by atoms with Gasteiger partial charge in [-0.15, -0.1) is 11.3 Å². The fraction of sp³-hybridized carbons (Fsp3) is 0.158. The molecule has 0 atom stereocenters. The Morgan fingerprint density at radius 2 is 1.82 bits per heavy atom. The fourth-order valence-corrected chi connectivity index (χ4v) is 5.42. The summed E-state index contributed by atoms with van der Waals surface area (Å²) in [5.74, 6) is 0.582. The van der Waals surface area contributed by atoms with Crippen LogP contribution < -0.4 is 9.04 Å². The average molecular weight is 418 g/mol. The van der Waals surface area contributed by atoms with Gasteiger partial charge in [0.2, 0.25) is 0 Å². The van der Waals surface area contributed by atoms with E-state index in [-0.39, 0.29) is 11.4 Å². The van der Waals surface area contributed by atoms with E-state index in [0.717, 1.165) is 4.88 Å². The molecule has 0 N–H and O–H groups in total. The van der Waals surface area contributed by atoms with Crippen LogP contribution in [0.5, 0.6) is 5.75 Å². The van der Waals surface area contributed by atoms with Gasteiger partial charge in [0.25, 0.3) is 15.7 Å². The zero-order chi connectivity index (χ0) is 20.3. The summed E-state index contributed by atoms with van der Waals surface area (Å²) in [5, 5.41) is 13.3. The normalized spacial score (nSPS) is 11.2. The molecule has 146 valence electrons. The van der Waals surface area contributed by atoms with Gasteiger partial charge in [-0.2, -0.15) is 0 Å². The van der Waals surface area contributed by atoms with Crippen LogP contribution in [0.4, 0.5) is 11.4 Å². The zero-order valence-electron chi connectivity index (χ0n) is 15.2. The van der Waals surface area contributed by atoms with Crippen LogP contribution in [0.3, 0.4) is 0 Å². The lowest BCUT2D eigenvalue weighted by Gasteiger charge is -2.25. The first-order chi connectivity index (χ1) is 13.3. The van der Waals surface area contributed by atoms with Crippen LogP contribution in [0.15, 0.2) is 64.9 Å². The van der Waals surface area contributed by atoms with Crippen molar-refractivity contribution in [1.29, 1.82) is 0 Å². The first kappa shape index (κ1) is 19.8. The Morgan fingerprint density at radius 1 is 1.11 bits per heavy atom. The summed E-state index contributed by atoms with van der Waals surface area (Å²) in [7, 11) is -2.68. The third kappa shape index (κ3) is 3.85. The van der Waals surface area contributed by atoms with Gasteiger partial charge in [-0.05, 0) is 48.2 Å². The van der Waals surface area contributed by atoms with Crippen molar-refractivity contribution in [2.24, 2.45) is 0 Å². The molecular weight excluding hydrogens is 400 g/mol. The SMILES string of the molecule is COc1ccc(N(Cc2cccs2)S(=O)(=O)c2c(C)cccc2[N+](=O)[O-])cc1. The van der Waals surface area contributed by atoms with E-state index >= 15 is 0 Å². The molecule has 0 bridgehead atoms. The lowest BCUT2D eigenvalue weighted by molar-refractivity contribution is -0.387. The first-order valence-electron chi connectivity index (χ1n) is 8.28. The van der Waals surface area contributed by atoms with E-state index in [4.69, 9.17) is 4.74 Å². The number of ether oxygens (including phenoxy) is 1. The standard InChI is InChI=1S/C19H18N2O5S2/c1-14-5-3-7-18(21(22)23)19(14)28(24,25)20(13-17-6-4-12-27-17)15-8-10-16(26-2)11-9-15/h3-12H,13H2,1-2H3. The third-order valence-electron chi connectivity index (χ3n) is 4.18. The number of hydrogen-bond acceptors (Lipinski definition) is 6. The van der Waals surface area contributed by atoms with E-state index in [1.165, 1.54) is 34.9 Å². The molecule has 1 heterocycles. The fourth-order valence-electron chi connectivity index (χ4n) is 2.83. The van der Waals surface area contributed by atoms with Gasteiger partial charge in [0.15, 0.2) is 4.90 Å². The molecule has 0 saturated carbocycles. The van der Waals surface area contributed by atoms with Crippen molar-refractivity contribution in [3.8, 4) is 5.75 Å². The Balaban J connectivity index is 2.17. The van der Waals surface area contributed by atoms with E-state index in [9.17, 15) is 18.5 Å². The third-order valence-corrected chi connectivity index (χ3v) is 7.00. The number of rotatable bonds is 7. The molecule has 0 unspecified atom stereocenters. The van der Waals surface area contributed by atoms with Crippen molar-refractivity contribution >= 4 is 32.7 Å². The Bertz CT molecular complexity index is 1080. The number of thiophene rings is 1. The molecule has 0 amide bonds. The van der Waals surface area contributed by atoms with Gasteiger partial charge in [0.05, 0.1) is 24.3 Å². The molecule has 0 spiro atoms. The second kappa shape index (κ2) is 7.99. The lowest BCUT2D eigenvalue weighted by atomic mass is 10.2. The maximum absolute atomic E-state index is 13.6. The minimum absolute atomic E-state index is 0.0673. The van der Waals surface area contributed by atoms with Gasteiger partial charge in [-0.25, -0.2) is 8.42 Å². The topological polar surface area (TPSA) is 89.8 Å². The van der Waals surface area contributed by atoms with Gasteiger partial charge in [0, 0.05) is 10.9 Å². The summed E-state index contributed by atoms with van der Waals surface area (Å²) in [6.07, 6.45) is 0. The molecule has 0 aliphatic rings. The minimum atomic E-state index is -4.20. The maximum atomic E-state index is 13.6. The molecule has 3 aromatic rings. The van der Waals surface area contributed by atoms with Crippen molar-refractivity contribution in [2.75, 3.05) is 11.4 Å². The summed E-state index contributed by atoms with van der Waals surface area (Å²) >= 11 is 1.41. The molecule has 3 rings (SSSR count). The highest BCUT2D eigenvalue weighted by molar-refractivity contribution is 7.93. The molecule has 0 radical (unpaired) electrons. The van der Waals surface area contributed by atoms with Gasteiger partial charge < -0.3 is 4.74 Å². The van der Waals surface area contributed by atoms with E-state index < -0.39 is 20.6 Å². The van der Waals surface area contributed by atoms with Gasteiger partial charge in [-0.3, -0.25) is 14.4 Å². The number of methoxy groups -OCH3 is 1. The number of nitro benzene ring substituents is 1. The summed E-state index contributed by atoms with van der Waals surface area (Å²) in [4.78, 5) is 11.3. The van der Waals surface area contributed by atoms with Crippen molar-refractivity contribution in [3.05, 3.63) is 80.5 Å². The Labute approximate surface area is 167 Å². The number of nitro groups is 1. The molecule has 0 aliphatic carbocycles. The highest BCUT2D eigenvalue weighted by Gasteiger charge is 2.34. The van der Waals surface area contributed by atoms with Crippen LogP contribution >= 0.6 is 11.3 Å². The second-order valence-corrected chi connectivity index (χ2v) is 8.80. The molecule has 2 aromatic carbocycles. The van der Waals surface area contributed by atoms with Crippen molar-refractivity contribution in [3.63, 3.8) is 0 Å². The maximum Gasteiger partial charge on any atom is 0.290 e. The Hall–Kier alpha value is -2.91. The summed E-state index contributed by atoms with van der Waals surface area (Å²) < 4.78 is 33.4. The number of hydrogen-bond donors (Lipinski definition) is 0. The number of nitrogens with zero attached hydrogens (tertiary/aromatic N) is 2. The monoisotopic (exact) mass is 418 g/mol. The molecular formula is C19H18N2O5S2. The minimum Gasteiger partial charge on any atom is -0.497 e. The molecule has 0 aliphatic heterocycles. The molecule has 28 heavy (non-hydrogen) atoms. The van der Waals surface area contributed by atoms with Crippen LogP contribution in [-0.4, -0.2) is 20.5 Å². The van der Waals surface area contributed by atoms with Crippen LogP contribution in [0.25, 0.3) is 0 Å². The van der Waals surface area contributed by atoms with E-state index in [1.54, 1.807) is 37.3 Å². The van der Waals surface area contributed by atoms with Crippen LogP contribution in [0.1, 0.15) is 10.4 Å². The first-order valence-corrected chi connectivity index (χ1v) is 10.6. The Kier molecular flexibility index (Phi) is 5.66. The molecule has 0 fully saturated rings. The predicted molar refractivity (Wildman–Crippen MR) is 109 cm³/mol. The summed E-state index contributed by atoms with van der Waals surface area (Å²) in [6, 6.07) is 14.4. The molecule has 1 aromatic heterocycles. The van der Waals surface area contributed by atoms with Gasteiger partial charge in [-0.1, -0.05) is 18.2 Å². The number of benzene rings is 2. The highest BCUT2D eigenvalue weighted by atomic mass is 32.2. The van der Waals surface area contributed by atoms with E-state index in [2.05, 4.69) is 0 Å². The molecule has 0 saturated heterocycles. The number of aryl methyl sites for hydroxylation is 1. The van der Waals surface area contributed by atoms with E-state index in [0.29, 0.717) is 17.0 Å². The second-order valence-electron chi connectivity index (χ2n) is 5.97. The Morgan fingerprint density at radius 3 is 2.39 bits per heavy atom. The van der Waals surface area contributed by atoms with E-state index in [1.807, 2.05) is 17.5 Å². The summed E-state index contributed by atoms with van der Waals surface area (Å²) in [5.41, 5.74) is 0.273. The average Bonchev–Trinajstić information content (AvgIpc) is 3.19. The smallest absolute Gasteiger partial charge is 0.290 e. The number of anilines is 1. The predicted octanol–water partition coefficient (Wildman–Crippen LogP) is 4.37. The lowest BCUT2D eigenvalue weighted by Crippen LogP contribution is -2.31.